The Bertz CT molecular complexity index is 902. The highest BCUT2D eigenvalue weighted by molar-refractivity contribution is 5.85. The number of H-pyrrole nitrogens is 1. The normalized spacial score (nSPS) is 10.6. The van der Waals surface area contributed by atoms with E-state index in [9.17, 15) is 0 Å². The average molecular weight is 446 g/mol. The minimum absolute atomic E-state index is 0. The van der Waals surface area contributed by atoms with Crippen LogP contribution in [0.3, 0.4) is 0 Å². The van der Waals surface area contributed by atoms with Crippen molar-refractivity contribution >= 4 is 12.4 Å². The van der Waals surface area contributed by atoms with Gasteiger partial charge in [-0.3, -0.25) is 0 Å². The number of likely N-dealkylation sites (N-methyl/N-ethyl adjacent to an activating group) is 1. The first kappa shape index (κ1) is 24.6. The van der Waals surface area contributed by atoms with Crippen LogP contribution >= 0.6 is 12.4 Å². The summed E-state index contributed by atoms with van der Waals surface area (Å²) in [5.74, 6) is 1.54. The van der Waals surface area contributed by atoms with Crippen molar-refractivity contribution in [3.63, 3.8) is 0 Å². The maximum atomic E-state index is 5.80. The van der Waals surface area contributed by atoms with Crippen molar-refractivity contribution in [2.24, 2.45) is 0 Å². The van der Waals surface area contributed by atoms with Crippen LogP contribution in [0, 0.1) is 0 Å². The lowest BCUT2D eigenvalue weighted by molar-refractivity contribution is 0.235. The monoisotopic (exact) mass is 445 g/mol. The summed E-state index contributed by atoms with van der Waals surface area (Å²) in [7, 11) is 3.32. The Kier molecular flexibility index (Phi) is 10.2. The molecule has 1 heterocycles. The second kappa shape index (κ2) is 12.9. The van der Waals surface area contributed by atoms with Crippen LogP contribution in [-0.4, -0.2) is 55.3 Å². The number of halogens is 1. The fourth-order valence-corrected chi connectivity index (χ4v) is 3.35. The molecule has 1 N–H and O–H groups in total. The molecule has 1 aromatic heterocycles. The van der Waals surface area contributed by atoms with Crippen molar-refractivity contribution in [1.82, 2.24) is 14.9 Å². The van der Waals surface area contributed by atoms with Gasteiger partial charge in [-0.15, -0.1) is 12.4 Å². The molecule has 3 rings (SSSR count). The Morgan fingerprint density at radius 2 is 1.74 bits per heavy atom. The van der Waals surface area contributed by atoms with E-state index in [1.54, 1.807) is 14.2 Å². The Labute approximate surface area is 191 Å². The van der Waals surface area contributed by atoms with Crippen LogP contribution in [0.2, 0.25) is 0 Å². The lowest BCUT2D eigenvalue weighted by Gasteiger charge is -2.20. The number of hydrogen-bond acceptors (Lipinski definition) is 5. The van der Waals surface area contributed by atoms with Crippen molar-refractivity contribution < 1.29 is 14.2 Å². The number of hydrogen-bond donors (Lipinski definition) is 1. The summed E-state index contributed by atoms with van der Waals surface area (Å²) in [6.07, 6.45) is 3.72. The van der Waals surface area contributed by atoms with E-state index in [4.69, 9.17) is 14.2 Å². The van der Waals surface area contributed by atoms with Crippen LogP contribution in [-0.2, 0) is 6.42 Å². The van der Waals surface area contributed by atoms with E-state index in [1.165, 1.54) is 5.56 Å². The van der Waals surface area contributed by atoms with Crippen LogP contribution in [0.1, 0.15) is 18.9 Å². The highest BCUT2D eigenvalue weighted by Gasteiger charge is 2.08. The Hall–Kier alpha value is -2.70. The molecule has 0 saturated heterocycles. The van der Waals surface area contributed by atoms with Crippen molar-refractivity contribution in [2.75, 3.05) is 40.5 Å². The fraction of sp³-hybridized carbons (Fsp3) is 0.375. The van der Waals surface area contributed by atoms with Gasteiger partial charge in [0.05, 0.1) is 32.7 Å². The molecule has 0 fully saturated rings. The SMILES string of the molecule is CCN(CCCOc1ncc(-c2ccccc2)[nH]1)CCc1ccc(OC)c(OC)c1.Cl. The molecule has 0 unspecified atom stereocenters. The van der Waals surface area contributed by atoms with Crippen LogP contribution in [0.4, 0.5) is 0 Å². The molecule has 0 bridgehead atoms. The third kappa shape index (κ3) is 7.19. The molecule has 0 aliphatic rings. The molecule has 168 valence electrons. The number of aromatic nitrogens is 2. The van der Waals surface area contributed by atoms with E-state index in [0.29, 0.717) is 12.6 Å². The first-order chi connectivity index (χ1) is 14.7. The maximum Gasteiger partial charge on any atom is 0.294 e. The van der Waals surface area contributed by atoms with E-state index in [2.05, 4.69) is 46.1 Å². The summed E-state index contributed by atoms with van der Waals surface area (Å²) >= 11 is 0. The number of methoxy groups -OCH3 is 2. The van der Waals surface area contributed by atoms with E-state index in [1.807, 2.05) is 30.5 Å². The quantitative estimate of drug-likeness (QED) is 0.404. The number of aromatic amines is 1. The first-order valence-electron chi connectivity index (χ1n) is 10.4. The second-order valence-corrected chi connectivity index (χ2v) is 7.04. The molecule has 0 spiro atoms. The van der Waals surface area contributed by atoms with Gasteiger partial charge in [0.2, 0.25) is 0 Å². The highest BCUT2D eigenvalue weighted by Crippen LogP contribution is 2.27. The molecule has 0 saturated carbocycles. The van der Waals surface area contributed by atoms with Gasteiger partial charge in [-0.2, -0.15) is 0 Å². The van der Waals surface area contributed by atoms with Crippen molar-refractivity contribution in [3.8, 4) is 28.8 Å². The molecular formula is C24H32ClN3O3. The van der Waals surface area contributed by atoms with Crippen LogP contribution in [0.5, 0.6) is 17.5 Å². The molecule has 6 nitrogen and oxygen atoms in total. The van der Waals surface area contributed by atoms with Crippen LogP contribution < -0.4 is 14.2 Å². The maximum absolute atomic E-state index is 5.80. The van der Waals surface area contributed by atoms with Crippen molar-refractivity contribution in [2.45, 2.75) is 19.8 Å². The molecule has 31 heavy (non-hydrogen) atoms. The van der Waals surface area contributed by atoms with E-state index in [-0.39, 0.29) is 12.4 Å². The van der Waals surface area contributed by atoms with Gasteiger partial charge in [-0.1, -0.05) is 43.3 Å². The number of benzene rings is 2. The molecule has 0 amide bonds. The summed E-state index contributed by atoms with van der Waals surface area (Å²) in [6, 6.07) is 16.8. The molecule has 0 aliphatic heterocycles. The number of ether oxygens (including phenoxy) is 3. The third-order valence-electron chi connectivity index (χ3n) is 5.11. The predicted octanol–water partition coefficient (Wildman–Crippen LogP) is 4.85. The zero-order valence-electron chi connectivity index (χ0n) is 18.5. The van der Waals surface area contributed by atoms with Gasteiger partial charge >= 0.3 is 0 Å². The topological polar surface area (TPSA) is 59.6 Å². The Morgan fingerprint density at radius 3 is 2.45 bits per heavy atom. The zero-order chi connectivity index (χ0) is 21.2. The van der Waals surface area contributed by atoms with Gasteiger partial charge in [0, 0.05) is 13.1 Å². The Balaban J connectivity index is 0.00000341. The molecule has 0 atom stereocenters. The summed E-state index contributed by atoms with van der Waals surface area (Å²) < 4.78 is 16.5. The van der Waals surface area contributed by atoms with Crippen molar-refractivity contribution in [3.05, 3.63) is 60.3 Å². The van der Waals surface area contributed by atoms with Crippen LogP contribution in [0.15, 0.2) is 54.7 Å². The number of imidazole rings is 1. The van der Waals surface area contributed by atoms with E-state index in [0.717, 1.165) is 55.2 Å². The zero-order valence-corrected chi connectivity index (χ0v) is 19.3. The number of rotatable bonds is 12. The number of nitrogens with zero attached hydrogens (tertiary/aromatic N) is 2. The highest BCUT2D eigenvalue weighted by atomic mass is 35.5. The van der Waals surface area contributed by atoms with E-state index < -0.39 is 0 Å². The Morgan fingerprint density at radius 1 is 0.968 bits per heavy atom. The van der Waals surface area contributed by atoms with Gasteiger partial charge in [-0.25, -0.2) is 4.98 Å². The molecule has 7 heteroatoms. The lowest BCUT2D eigenvalue weighted by Crippen LogP contribution is -2.28. The largest absolute Gasteiger partial charge is 0.493 e. The van der Waals surface area contributed by atoms with Gasteiger partial charge in [0.1, 0.15) is 0 Å². The standard InChI is InChI=1S/C24H31N3O3.ClH/c1-4-27(15-13-19-11-12-22(28-2)23(17-19)29-3)14-8-16-30-24-25-18-21(26-24)20-9-6-5-7-10-20;/h5-7,9-12,17-18H,4,8,13-16H2,1-3H3,(H,25,26);1H. The molecular weight excluding hydrogens is 414 g/mol. The van der Waals surface area contributed by atoms with Gasteiger partial charge in [0.25, 0.3) is 6.01 Å². The summed E-state index contributed by atoms with van der Waals surface area (Å²) in [4.78, 5) is 9.98. The van der Waals surface area contributed by atoms with E-state index >= 15 is 0 Å². The summed E-state index contributed by atoms with van der Waals surface area (Å²) in [6.45, 7) is 5.80. The lowest BCUT2D eigenvalue weighted by atomic mass is 10.1. The average Bonchev–Trinajstić information content (AvgIpc) is 3.28. The van der Waals surface area contributed by atoms with Gasteiger partial charge < -0.3 is 24.1 Å². The second-order valence-electron chi connectivity index (χ2n) is 7.04. The molecule has 0 radical (unpaired) electrons. The van der Waals surface area contributed by atoms with Crippen molar-refractivity contribution in [1.29, 1.82) is 0 Å². The first-order valence-corrected chi connectivity index (χ1v) is 10.4. The minimum atomic E-state index is 0. The van der Waals surface area contributed by atoms with Crippen LogP contribution in [0.25, 0.3) is 11.3 Å². The number of nitrogens with one attached hydrogen (secondary N) is 1. The molecule has 0 aliphatic carbocycles. The molecule has 3 aromatic rings. The minimum Gasteiger partial charge on any atom is -0.493 e. The van der Waals surface area contributed by atoms with Gasteiger partial charge in [-0.05, 0) is 42.6 Å². The predicted molar refractivity (Wildman–Crippen MR) is 127 cm³/mol. The smallest absolute Gasteiger partial charge is 0.294 e. The summed E-state index contributed by atoms with van der Waals surface area (Å²) in [5, 5.41) is 0. The molecule has 2 aromatic carbocycles. The summed E-state index contributed by atoms with van der Waals surface area (Å²) in [5.41, 5.74) is 3.31. The fourth-order valence-electron chi connectivity index (χ4n) is 3.35. The third-order valence-corrected chi connectivity index (χ3v) is 5.11. The van der Waals surface area contributed by atoms with Gasteiger partial charge in [0.15, 0.2) is 11.5 Å².